The third kappa shape index (κ3) is 4.14. The van der Waals surface area contributed by atoms with Gasteiger partial charge < -0.3 is 4.90 Å². The van der Waals surface area contributed by atoms with Gasteiger partial charge in [-0.3, -0.25) is 4.68 Å². The molecule has 1 aromatic rings. The van der Waals surface area contributed by atoms with Gasteiger partial charge in [-0.2, -0.15) is 5.10 Å². The average molecular weight is 244 g/mol. The van der Waals surface area contributed by atoms with E-state index in [1.54, 1.807) is 0 Å². The standard InChI is InChI=1S/C12H22ClN3/c1-5-16-12(8-11(3)14-16)9-15(4)7-6-10(2)13/h8,10H,5-7,9H2,1-4H3. The molecular weight excluding hydrogens is 222 g/mol. The van der Waals surface area contributed by atoms with Crippen LogP contribution in [0.5, 0.6) is 0 Å². The Hall–Kier alpha value is -0.540. The van der Waals surface area contributed by atoms with E-state index in [4.69, 9.17) is 11.6 Å². The summed E-state index contributed by atoms with van der Waals surface area (Å²) in [6, 6.07) is 2.16. The summed E-state index contributed by atoms with van der Waals surface area (Å²) >= 11 is 5.94. The van der Waals surface area contributed by atoms with Crippen LogP contribution >= 0.6 is 11.6 Å². The number of hydrogen-bond acceptors (Lipinski definition) is 2. The van der Waals surface area contributed by atoms with Crippen molar-refractivity contribution in [1.82, 2.24) is 14.7 Å². The van der Waals surface area contributed by atoms with Gasteiger partial charge in [0.25, 0.3) is 0 Å². The molecule has 0 N–H and O–H groups in total. The lowest BCUT2D eigenvalue weighted by Gasteiger charge is -2.17. The highest BCUT2D eigenvalue weighted by Gasteiger charge is 2.07. The van der Waals surface area contributed by atoms with Crippen LogP contribution in [-0.2, 0) is 13.1 Å². The van der Waals surface area contributed by atoms with E-state index in [2.05, 4.69) is 34.7 Å². The van der Waals surface area contributed by atoms with E-state index in [0.29, 0.717) is 0 Å². The number of aryl methyl sites for hydroxylation is 2. The lowest BCUT2D eigenvalue weighted by Crippen LogP contribution is -2.22. The predicted molar refractivity (Wildman–Crippen MR) is 68.9 cm³/mol. The van der Waals surface area contributed by atoms with Crippen molar-refractivity contribution in [3.63, 3.8) is 0 Å². The number of halogens is 1. The Bertz CT molecular complexity index is 320. The van der Waals surface area contributed by atoms with Crippen molar-refractivity contribution in [2.75, 3.05) is 13.6 Å². The zero-order valence-electron chi connectivity index (χ0n) is 10.7. The first-order chi connectivity index (χ1) is 7.52. The van der Waals surface area contributed by atoms with Crippen molar-refractivity contribution in [3.8, 4) is 0 Å². The van der Waals surface area contributed by atoms with Crippen LogP contribution in [0.4, 0.5) is 0 Å². The highest BCUT2D eigenvalue weighted by molar-refractivity contribution is 6.20. The Balaban J connectivity index is 2.51. The Morgan fingerprint density at radius 3 is 2.81 bits per heavy atom. The molecule has 0 saturated heterocycles. The molecule has 1 aromatic heterocycles. The molecular formula is C12H22ClN3. The van der Waals surface area contributed by atoms with Crippen molar-refractivity contribution < 1.29 is 0 Å². The van der Waals surface area contributed by atoms with Gasteiger partial charge in [-0.1, -0.05) is 0 Å². The second kappa shape index (κ2) is 6.26. The molecule has 0 amide bonds. The minimum atomic E-state index is 0.250. The van der Waals surface area contributed by atoms with Crippen molar-refractivity contribution in [1.29, 1.82) is 0 Å². The highest BCUT2D eigenvalue weighted by atomic mass is 35.5. The lowest BCUT2D eigenvalue weighted by atomic mass is 10.3. The van der Waals surface area contributed by atoms with Gasteiger partial charge in [0.15, 0.2) is 0 Å². The largest absolute Gasteiger partial charge is 0.301 e. The van der Waals surface area contributed by atoms with E-state index in [9.17, 15) is 0 Å². The summed E-state index contributed by atoms with van der Waals surface area (Å²) in [4.78, 5) is 2.29. The number of rotatable bonds is 6. The molecule has 0 aromatic carbocycles. The first-order valence-electron chi connectivity index (χ1n) is 5.88. The molecule has 0 aliphatic heterocycles. The van der Waals surface area contributed by atoms with Crippen LogP contribution in [0, 0.1) is 6.92 Å². The fourth-order valence-corrected chi connectivity index (χ4v) is 1.85. The van der Waals surface area contributed by atoms with Crippen LogP contribution in [0.15, 0.2) is 6.07 Å². The summed E-state index contributed by atoms with van der Waals surface area (Å²) in [7, 11) is 2.13. The first kappa shape index (κ1) is 13.5. The van der Waals surface area contributed by atoms with Crippen molar-refractivity contribution in [2.45, 2.75) is 45.7 Å². The summed E-state index contributed by atoms with van der Waals surface area (Å²) in [5.41, 5.74) is 2.38. The summed E-state index contributed by atoms with van der Waals surface area (Å²) in [5.74, 6) is 0. The third-order valence-electron chi connectivity index (χ3n) is 2.63. The van der Waals surface area contributed by atoms with E-state index >= 15 is 0 Å². The molecule has 1 atom stereocenters. The van der Waals surface area contributed by atoms with Crippen LogP contribution in [0.3, 0.4) is 0 Å². The average Bonchev–Trinajstić information content (AvgIpc) is 2.55. The molecule has 0 aliphatic carbocycles. The van der Waals surface area contributed by atoms with Gasteiger partial charge in [0, 0.05) is 18.5 Å². The van der Waals surface area contributed by atoms with Crippen molar-refractivity contribution >= 4 is 11.6 Å². The molecule has 1 rings (SSSR count). The van der Waals surface area contributed by atoms with Crippen LogP contribution in [0.1, 0.15) is 31.7 Å². The second-order valence-electron chi connectivity index (χ2n) is 4.40. The van der Waals surface area contributed by atoms with Crippen LogP contribution in [0.25, 0.3) is 0 Å². The molecule has 0 aliphatic rings. The fourth-order valence-electron chi connectivity index (χ4n) is 1.75. The molecule has 16 heavy (non-hydrogen) atoms. The van der Waals surface area contributed by atoms with E-state index in [1.165, 1.54) is 5.69 Å². The van der Waals surface area contributed by atoms with E-state index < -0.39 is 0 Å². The molecule has 0 spiro atoms. The summed E-state index contributed by atoms with van der Waals surface area (Å²) in [6.07, 6.45) is 1.03. The van der Waals surface area contributed by atoms with Crippen molar-refractivity contribution in [3.05, 3.63) is 17.5 Å². The summed E-state index contributed by atoms with van der Waals surface area (Å²) in [6.45, 7) is 9.10. The minimum absolute atomic E-state index is 0.250. The van der Waals surface area contributed by atoms with Crippen LogP contribution < -0.4 is 0 Å². The van der Waals surface area contributed by atoms with E-state index in [-0.39, 0.29) is 5.38 Å². The van der Waals surface area contributed by atoms with Gasteiger partial charge in [-0.05, 0) is 46.9 Å². The van der Waals surface area contributed by atoms with Gasteiger partial charge in [0.1, 0.15) is 0 Å². The summed E-state index contributed by atoms with van der Waals surface area (Å²) < 4.78 is 2.07. The maximum Gasteiger partial charge on any atom is 0.0597 e. The molecule has 3 nitrogen and oxygen atoms in total. The normalized spacial score (nSPS) is 13.4. The smallest absolute Gasteiger partial charge is 0.0597 e. The fraction of sp³-hybridized carbons (Fsp3) is 0.750. The Kier molecular flexibility index (Phi) is 5.29. The Labute approximate surface area is 103 Å². The molecule has 0 bridgehead atoms. The number of nitrogens with zero attached hydrogens (tertiary/aromatic N) is 3. The summed E-state index contributed by atoms with van der Waals surface area (Å²) in [5, 5.41) is 4.69. The second-order valence-corrected chi connectivity index (χ2v) is 5.15. The SMILES string of the molecule is CCn1nc(C)cc1CN(C)CCC(C)Cl. The minimum Gasteiger partial charge on any atom is -0.301 e. The number of hydrogen-bond donors (Lipinski definition) is 0. The molecule has 0 radical (unpaired) electrons. The monoisotopic (exact) mass is 243 g/mol. The van der Waals surface area contributed by atoms with Gasteiger partial charge >= 0.3 is 0 Å². The van der Waals surface area contributed by atoms with Gasteiger partial charge in [-0.15, -0.1) is 11.6 Å². The van der Waals surface area contributed by atoms with E-state index in [0.717, 1.165) is 31.7 Å². The lowest BCUT2D eigenvalue weighted by molar-refractivity contribution is 0.310. The molecule has 1 unspecified atom stereocenters. The van der Waals surface area contributed by atoms with Gasteiger partial charge in [-0.25, -0.2) is 0 Å². The van der Waals surface area contributed by atoms with Crippen LogP contribution in [-0.4, -0.2) is 33.6 Å². The number of alkyl halides is 1. The molecule has 1 heterocycles. The first-order valence-corrected chi connectivity index (χ1v) is 6.32. The highest BCUT2D eigenvalue weighted by Crippen LogP contribution is 2.08. The van der Waals surface area contributed by atoms with Gasteiger partial charge in [0.2, 0.25) is 0 Å². The molecule has 92 valence electrons. The zero-order valence-corrected chi connectivity index (χ0v) is 11.5. The molecule has 0 saturated carbocycles. The predicted octanol–water partition coefficient (Wildman–Crippen LogP) is 2.66. The Morgan fingerprint density at radius 1 is 1.56 bits per heavy atom. The van der Waals surface area contributed by atoms with E-state index in [1.807, 2.05) is 13.8 Å². The third-order valence-corrected chi connectivity index (χ3v) is 2.84. The van der Waals surface area contributed by atoms with Crippen molar-refractivity contribution in [2.24, 2.45) is 0 Å². The Morgan fingerprint density at radius 2 is 2.25 bits per heavy atom. The molecule has 4 heteroatoms. The molecule has 0 fully saturated rings. The van der Waals surface area contributed by atoms with Crippen LogP contribution in [0.2, 0.25) is 0 Å². The number of aromatic nitrogens is 2. The topological polar surface area (TPSA) is 21.1 Å². The zero-order chi connectivity index (χ0) is 12.1. The quantitative estimate of drug-likeness (QED) is 0.717. The maximum absolute atomic E-state index is 5.94. The van der Waals surface area contributed by atoms with Gasteiger partial charge in [0.05, 0.1) is 11.4 Å². The maximum atomic E-state index is 5.94.